The fraction of sp³-hybridized carbons (Fsp3) is 0.274. The Balaban J connectivity index is 1.29. The highest BCUT2D eigenvalue weighted by molar-refractivity contribution is 7.00. The standard InChI is InChI=1S/C62H62BN5/c1-36-24-25-40(59(2,3)4)30-44(36)46-32-42(61(8,9)10)34-48-54(46)64-50-28-39(58-66-56(37-20-16-14-17-21-37)65-57(67-58)38-22-18-15-19-23-38)29-52-53(50)63(48)49-35-43(62(11,12)13)33-47-45-31-41(60(5,6)7)26-27-51(45)68(52)55(47)49/h14-35,64H,1-13H3. The van der Waals surface area contributed by atoms with Crippen LogP contribution in [0, 0.1) is 6.92 Å². The molecule has 338 valence electrons. The minimum absolute atomic E-state index is 0.0155. The molecule has 2 aliphatic heterocycles. The molecular weight excluding hydrogens is 826 g/mol. The van der Waals surface area contributed by atoms with E-state index >= 15 is 0 Å². The van der Waals surface area contributed by atoms with Crippen molar-refractivity contribution in [2.75, 3.05) is 5.32 Å². The molecule has 0 fully saturated rings. The summed E-state index contributed by atoms with van der Waals surface area (Å²) in [6.45, 7) is 30.2. The molecule has 11 rings (SSSR count). The molecule has 0 saturated carbocycles. The highest BCUT2D eigenvalue weighted by atomic mass is 15.0. The normalized spacial score (nSPS) is 13.5. The number of anilines is 2. The number of benzene rings is 7. The lowest BCUT2D eigenvalue weighted by atomic mass is 9.33. The van der Waals surface area contributed by atoms with Gasteiger partial charge in [-0.3, -0.25) is 0 Å². The van der Waals surface area contributed by atoms with E-state index in [0.29, 0.717) is 17.5 Å². The number of rotatable bonds is 4. The summed E-state index contributed by atoms with van der Waals surface area (Å²) in [5, 5.41) is 6.78. The van der Waals surface area contributed by atoms with Crippen molar-refractivity contribution in [3.05, 3.63) is 161 Å². The molecule has 0 radical (unpaired) electrons. The van der Waals surface area contributed by atoms with E-state index in [4.69, 9.17) is 15.0 Å². The van der Waals surface area contributed by atoms with Gasteiger partial charge in [-0.1, -0.05) is 180 Å². The lowest BCUT2D eigenvalue weighted by molar-refractivity contribution is 0.589. The van der Waals surface area contributed by atoms with Crippen LogP contribution in [0.4, 0.5) is 11.4 Å². The SMILES string of the molecule is Cc1ccc(C(C)(C)C)cc1-c1cc(C(C)(C)C)cc2c1Nc1cc(-c3nc(-c4ccccc4)nc(-c4ccccc4)n3)cc3c1B2c1cc(C(C)(C)C)cc2c4cc(C(C)(C)C)ccc4n-3c12. The fourth-order valence-electron chi connectivity index (χ4n) is 10.5. The molecule has 4 heterocycles. The van der Waals surface area contributed by atoms with Crippen molar-refractivity contribution < 1.29 is 0 Å². The maximum Gasteiger partial charge on any atom is 0.252 e. The average Bonchev–Trinajstić information content (AvgIpc) is 3.63. The Morgan fingerprint density at radius 3 is 1.54 bits per heavy atom. The second-order valence-corrected chi connectivity index (χ2v) is 23.6. The number of hydrogen-bond acceptors (Lipinski definition) is 4. The highest BCUT2D eigenvalue weighted by Crippen LogP contribution is 2.44. The molecule has 5 nitrogen and oxygen atoms in total. The van der Waals surface area contributed by atoms with Gasteiger partial charge >= 0.3 is 0 Å². The topological polar surface area (TPSA) is 55.6 Å². The van der Waals surface area contributed by atoms with Gasteiger partial charge in [0.1, 0.15) is 0 Å². The summed E-state index contributed by atoms with van der Waals surface area (Å²) in [7, 11) is 0. The molecule has 1 N–H and O–H groups in total. The zero-order chi connectivity index (χ0) is 47.8. The van der Waals surface area contributed by atoms with Crippen molar-refractivity contribution in [1.29, 1.82) is 0 Å². The summed E-state index contributed by atoms with van der Waals surface area (Å²) in [5.74, 6) is 1.92. The molecule has 0 unspecified atom stereocenters. The van der Waals surface area contributed by atoms with E-state index in [2.05, 4.69) is 197 Å². The van der Waals surface area contributed by atoms with Crippen molar-refractivity contribution in [1.82, 2.24) is 19.5 Å². The third kappa shape index (κ3) is 7.18. The first-order valence-electron chi connectivity index (χ1n) is 24.4. The van der Waals surface area contributed by atoms with E-state index in [-0.39, 0.29) is 28.4 Å². The van der Waals surface area contributed by atoms with Gasteiger partial charge in [0.2, 0.25) is 0 Å². The van der Waals surface area contributed by atoms with Gasteiger partial charge in [-0.25, -0.2) is 15.0 Å². The van der Waals surface area contributed by atoms with Crippen LogP contribution in [0.2, 0.25) is 0 Å². The van der Waals surface area contributed by atoms with E-state index in [1.165, 1.54) is 77.1 Å². The number of hydrogen-bond donors (Lipinski definition) is 1. The second-order valence-electron chi connectivity index (χ2n) is 23.6. The van der Waals surface area contributed by atoms with Gasteiger partial charge in [-0.15, -0.1) is 0 Å². The van der Waals surface area contributed by atoms with Crippen molar-refractivity contribution in [2.45, 2.75) is 112 Å². The van der Waals surface area contributed by atoms with E-state index < -0.39 is 0 Å². The Bertz CT molecular complexity index is 3460. The minimum atomic E-state index is -0.104. The Morgan fingerprint density at radius 2 is 0.956 bits per heavy atom. The molecule has 0 bridgehead atoms. The average molecular weight is 888 g/mol. The van der Waals surface area contributed by atoms with Gasteiger partial charge in [-0.2, -0.15) is 0 Å². The molecule has 2 aliphatic rings. The first-order chi connectivity index (χ1) is 32.1. The zero-order valence-corrected chi connectivity index (χ0v) is 42.1. The Morgan fingerprint density at radius 1 is 0.456 bits per heavy atom. The molecule has 0 aliphatic carbocycles. The maximum atomic E-state index is 5.31. The van der Waals surface area contributed by atoms with Crippen LogP contribution in [-0.2, 0) is 21.7 Å². The van der Waals surface area contributed by atoms with Crippen LogP contribution in [0.25, 0.3) is 72.8 Å². The summed E-state index contributed by atoms with van der Waals surface area (Å²) in [6, 6.07) is 49.5. The Hall–Kier alpha value is -6.79. The fourth-order valence-corrected chi connectivity index (χ4v) is 10.5. The summed E-state index contributed by atoms with van der Waals surface area (Å²) in [6.07, 6.45) is 0. The number of nitrogens with zero attached hydrogens (tertiary/aromatic N) is 4. The van der Waals surface area contributed by atoms with Crippen LogP contribution in [0.1, 0.15) is 111 Å². The molecule has 6 heteroatoms. The first-order valence-corrected chi connectivity index (χ1v) is 24.4. The summed E-state index contributed by atoms with van der Waals surface area (Å²) in [5.41, 5.74) is 21.5. The predicted molar refractivity (Wildman–Crippen MR) is 290 cm³/mol. The van der Waals surface area contributed by atoms with Crippen LogP contribution in [-0.4, -0.2) is 26.2 Å². The molecule has 0 amide bonds. The quantitative estimate of drug-likeness (QED) is 0.179. The van der Waals surface area contributed by atoms with Crippen molar-refractivity contribution in [2.24, 2.45) is 0 Å². The molecule has 0 saturated heterocycles. The third-order valence-corrected chi connectivity index (χ3v) is 14.6. The van der Waals surface area contributed by atoms with Crippen LogP contribution < -0.4 is 21.7 Å². The van der Waals surface area contributed by atoms with E-state index in [1.54, 1.807) is 0 Å². The van der Waals surface area contributed by atoms with Gasteiger partial charge in [0.05, 0.1) is 5.52 Å². The number of nitrogens with one attached hydrogen (secondary N) is 1. The number of aryl methyl sites for hydroxylation is 1. The predicted octanol–water partition coefficient (Wildman–Crippen LogP) is 14.0. The van der Waals surface area contributed by atoms with Gasteiger partial charge in [0, 0.05) is 55.6 Å². The van der Waals surface area contributed by atoms with E-state index in [1.807, 2.05) is 36.4 Å². The highest BCUT2D eigenvalue weighted by Gasteiger charge is 2.42. The summed E-state index contributed by atoms with van der Waals surface area (Å²) < 4.78 is 2.56. The molecular formula is C62H62BN5. The maximum absolute atomic E-state index is 5.31. The van der Waals surface area contributed by atoms with Crippen molar-refractivity contribution in [3.63, 3.8) is 0 Å². The van der Waals surface area contributed by atoms with Crippen LogP contribution >= 0.6 is 0 Å². The molecule has 0 atom stereocenters. The lowest BCUT2D eigenvalue weighted by Crippen LogP contribution is -2.59. The van der Waals surface area contributed by atoms with Gasteiger partial charge in [0.15, 0.2) is 17.5 Å². The van der Waals surface area contributed by atoms with Crippen molar-refractivity contribution >= 4 is 56.3 Å². The molecule has 7 aromatic carbocycles. The number of aromatic nitrogens is 4. The van der Waals surface area contributed by atoms with Crippen LogP contribution in [0.5, 0.6) is 0 Å². The molecule has 2 aromatic heterocycles. The Kier molecular flexibility index (Phi) is 9.72. The minimum Gasteiger partial charge on any atom is -0.356 e. The summed E-state index contributed by atoms with van der Waals surface area (Å²) >= 11 is 0. The second kappa shape index (κ2) is 15.1. The smallest absolute Gasteiger partial charge is 0.252 e. The van der Waals surface area contributed by atoms with Crippen LogP contribution in [0.3, 0.4) is 0 Å². The monoisotopic (exact) mass is 888 g/mol. The number of fused-ring (bicyclic) bond motifs is 7. The van der Waals surface area contributed by atoms with E-state index in [0.717, 1.165) is 33.8 Å². The molecule has 68 heavy (non-hydrogen) atoms. The van der Waals surface area contributed by atoms with Gasteiger partial charge in [-0.05, 0) is 115 Å². The first kappa shape index (κ1) is 43.8. The molecule has 0 spiro atoms. The Labute approximate surface area is 403 Å². The van der Waals surface area contributed by atoms with Crippen molar-refractivity contribution in [3.8, 4) is 51.0 Å². The van der Waals surface area contributed by atoms with E-state index in [9.17, 15) is 0 Å². The third-order valence-electron chi connectivity index (χ3n) is 14.6. The van der Waals surface area contributed by atoms with Crippen LogP contribution in [0.15, 0.2) is 133 Å². The largest absolute Gasteiger partial charge is 0.356 e. The van der Waals surface area contributed by atoms with Gasteiger partial charge in [0.25, 0.3) is 6.71 Å². The lowest BCUT2D eigenvalue weighted by Gasteiger charge is -2.37. The molecule has 9 aromatic rings. The zero-order valence-electron chi connectivity index (χ0n) is 42.1. The summed E-state index contributed by atoms with van der Waals surface area (Å²) in [4.78, 5) is 15.7. The van der Waals surface area contributed by atoms with Gasteiger partial charge < -0.3 is 9.88 Å².